The van der Waals surface area contributed by atoms with E-state index >= 15 is 0 Å². The van der Waals surface area contributed by atoms with Gasteiger partial charge in [-0.3, -0.25) is 4.98 Å². The van der Waals surface area contributed by atoms with Crippen molar-refractivity contribution in [2.24, 2.45) is 0 Å². The van der Waals surface area contributed by atoms with E-state index in [-0.39, 0.29) is 17.0 Å². The molecule has 1 aromatic carbocycles. The Hall–Kier alpha value is -1.83. The van der Waals surface area contributed by atoms with Crippen molar-refractivity contribution >= 4 is 10.0 Å². The molecule has 0 aliphatic carbocycles. The summed E-state index contributed by atoms with van der Waals surface area (Å²) in [6, 6.07) is 6.95. The molecule has 2 aromatic rings. The minimum Gasteiger partial charge on any atom is -0.392 e. The van der Waals surface area contributed by atoms with Crippen molar-refractivity contribution in [1.82, 2.24) is 9.71 Å². The van der Waals surface area contributed by atoms with Crippen molar-refractivity contribution in [3.05, 3.63) is 59.7 Å². The van der Waals surface area contributed by atoms with Crippen LogP contribution in [0.1, 0.15) is 11.1 Å². The lowest BCUT2D eigenvalue weighted by molar-refractivity contribution is 0.275. The quantitative estimate of drug-likeness (QED) is 0.841. The molecule has 1 heterocycles. The van der Waals surface area contributed by atoms with E-state index in [1.807, 2.05) is 6.07 Å². The lowest BCUT2D eigenvalue weighted by atomic mass is 10.2. The largest absolute Gasteiger partial charge is 0.392 e. The van der Waals surface area contributed by atoms with Gasteiger partial charge < -0.3 is 5.11 Å². The zero-order valence-electron chi connectivity index (χ0n) is 11.2. The molecule has 0 atom stereocenters. The molecule has 0 aliphatic heterocycles. The first kappa shape index (κ1) is 15.6. The van der Waals surface area contributed by atoms with E-state index in [9.17, 15) is 12.8 Å². The molecule has 0 fully saturated rings. The summed E-state index contributed by atoms with van der Waals surface area (Å²) < 4.78 is 39.8. The summed E-state index contributed by atoms with van der Waals surface area (Å²) in [5.41, 5.74) is 0.862. The van der Waals surface area contributed by atoms with E-state index in [4.69, 9.17) is 5.11 Å². The van der Waals surface area contributed by atoms with Crippen molar-refractivity contribution in [2.45, 2.75) is 17.9 Å². The molecule has 112 valence electrons. The second kappa shape index (κ2) is 6.75. The minimum atomic E-state index is -3.73. The fourth-order valence-corrected chi connectivity index (χ4v) is 2.88. The first-order chi connectivity index (χ1) is 10.0. The van der Waals surface area contributed by atoms with Gasteiger partial charge in [0.15, 0.2) is 0 Å². The summed E-state index contributed by atoms with van der Waals surface area (Å²) in [5.74, 6) is -0.633. The maximum atomic E-state index is 13.2. The number of aliphatic hydroxyl groups excluding tert-OH is 1. The van der Waals surface area contributed by atoms with Gasteiger partial charge in [-0.2, -0.15) is 0 Å². The summed E-state index contributed by atoms with van der Waals surface area (Å²) in [7, 11) is -3.73. The van der Waals surface area contributed by atoms with Crippen molar-refractivity contribution < 1.29 is 17.9 Å². The fourth-order valence-electron chi connectivity index (χ4n) is 1.80. The zero-order valence-corrected chi connectivity index (χ0v) is 12.0. The smallest absolute Gasteiger partial charge is 0.240 e. The highest BCUT2D eigenvalue weighted by Crippen LogP contribution is 2.15. The average Bonchev–Trinajstić information content (AvgIpc) is 2.48. The molecule has 0 unspecified atom stereocenters. The molecule has 2 rings (SSSR count). The lowest BCUT2D eigenvalue weighted by Crippen LogP contribution is -2.26. The molecule has 7 heteroatoms. The summed E-state index contributed by atoms with van der Waals surface area (Å²) >= 11 is 0. The average molecular weight is 310 g/mol. The Morgan fingerprint density at radius 2 is 2.10 bits per heavy atom. The molecular weight excluding hydrogens is 295 g/mol. The van der Waals surface area contributed by atoms with Crippen LogP contribution in [0.2, 0.25) is 0 Å². The van der Waals surface area contributed by atoms with Gasteiger partial charge in [-0.1, -0.05) is 6.07 Å². The molecule has 0 saturated carbocycles. The second-order valence-electron chi connectivity index (χ2n) is 4.42. The van der Waals surface area contributed by atoms with Crippen LogP contribution >= 0.6 is 0 Å². The Labute approximate surface area is 122 Å². The fraction of sp³-hybridized carbons (Fsp3) is 0.214. The number of nitrogens with zero attached hydrogens (tertiary/aromatic N) is 1. The number of aliphatic hydroxyl groups is 1. The van der Waals surface area contributed by atoms with Crippen LogP contribution in [0.15, 0.2) is 47.6 Å². The van der Waals surface area contributed by atoms with Gasteiger partial charge in [0, 0.05) is 24.5 Å². The van der Waals surface area contributed by atoms with E-state index in [0.29, 0.717) is 6.42 Å². The highest BCUT2D eigenvalue weighted by Gasteiger charge is 2.15. The molecule has 0 spiro atoms. The number of halogens is 1. The molecule has 1 aromatic heterocycles. The number of aromatic nitrogens is 1. The van der Waals surface area contributed by atoms with E-state index < -0.39 is 22.4 Å². The number of hydrogen-bond donors (Lipinski definition) is 2. The zero-order chi connectivity index (χ0) is 15.3. The Bertz CT molecular complexity index is 705. The maximum absolute atomic E-state index is 13.2. The summed E-state index contributed by atoms with van der Waals surface area (Å²) in [4.78, 5) is 3.87. The van der Waals surface area contributed by atoms with Crippen LogP contribution in [0.3, 0.4) is 0 Å². The lowest BCUT2D eigenvalue weighted by Gasteiger charge is -2.08. The molecule has 5 nitrogen and oxygen atoms in total. The van der Waals surface area contributed by atoms with Crippen LogP contribution in [0.25, 0.3) is 0 Å². The first-order valence-electron chi connectivity index (χ1n) is 6.31. The molecule has 0 saturated heterocycles. The van der Waals surface area contributed by atoms with Crippen molar-refractivity contribution in [3.8, 4) is 0 Å². The number of nitrogens with one attached hydrogen (secondary N) is 1. The molecule has 21 heavy (non-hydrogen) atoms. The molecule has 2 N–H and O–H groups in total. The normalized spacial score (nSPS) is 11.5. The van der Waals surface area contributed by atoms with Gasteiger partial charge in [0.05, 0.1) is 11.5 Å². The van der Waals surface area contributed by atoms with Gasteiger partial charge in [-0.25, -0.2) is 17.5 Å². The Morgan fingerprint density at radius 1 is 1.29 bits per heavy atom. The SMILES string of the molecule is O=S(=O)(NCCc1cccnc1)c1ccc(F)c(CO)c1. The van der Waals surface area contributed by atoms with Crippen LogP contribution in [0.5, 0.6) is 0 Å². The van der Waals surface area contributed by atoms with Gasteiger partial charge in [-0.15, -0.1) is 0 Å². The topological polar surface area (TPSA) is 79.3 Å². The predicted molar refractivity (Wildman–Crippen MR) is 75.5 cm³/mol. The minimum absolute atomic E-state index is 0.0508. The summed E-state index contributed by atoms with van der Waals surface area (Å²) in [6.07, 6.45) is 3.81. The van der Waals surface area contributed by atoms with Crippen LogP contribution < -0.4 is 4.72 Å². The summed E-state index contributed by atoms with van der Waals surface area (Å²) in [5, 5.41) is 8.97. The monoisotopic (exact) mass is 310 g/mol. The standard InChI is InChI=1S/C14H15FN2O3S/c15-14-4-3-13(8-12(14)10-18)21(19,20)17-7-5-11-2-1-6-16-9-11/h1-4,6,8-9,17-18H,5,7,10H2. The molecule has 0 bridgehead atoms. The number of benzene rings is 1. The predicted octanol–water partition coefficient (Wildman–Crippen LogP) is 1.23. The second-order valence-corrected chi connectivity index (χ2v) is 6.19. The maximum Gasteiger partial charge on any atom is 0.240 e. The van der Waals surface area contributed by atoms with Gasteiger partial charge in [0.25, 0.3) is 0 Å². The molecule has 0 aliphatic rings. The van der Waals surface area contributed by atoms with Crippen molar-refractivity contribution in [1.29, 1.82) is 0 Å². The van der Waals surface area contributed by atoms with Crippen LogP contribution in [0, 0.1) is 5.82 Å². The Kier molecular flexibility index (Phi) is 5.00. The van der Waals surface area contributed by atoms with E-state index in [0.717, 1.165) is 17.7 Å². The Balaban J connectivity index is 2.05. The van der Waals surface area contributed by atoms with E-state index in [1.54, 1.807) is 18.5 Å². The van der Waals surface area contributed by atoms with Gasteiger partial charge in [0.1, 0.15) is 5.82 Å². The third-order valence-electron chi connectivity index (χ3n) is 2.93. The van der Waals surface area contributed by atoms with E-state index in [2.05, 4.69) is 9.71 Å². The van der Waals surface area contributed by atoms with Crippen LogP contribution in [-0.4, -0.2) is 25.1 Å². The molecular formula is C14H15FN2O3S. The number of rotatable bonds is 6. The van der Waals surface area contributed by atoms with Gasteiger partial charge in [0.2, 0.25) is 10.0 Å². The van der Waals surface area contributed by atoms with Crippen molar-refractivity contribution in [2.75, 3.05) is 6.54 Å². The van der Waals surface area contributed by atoms with Crippen LogP contribution in [-0.2, 0) is 23.1 Å². The van der Waals surface area contributed by atoms with Gasteiger partial charge >= 0.3 is 0 Å². The molecule has 0 radical (unpaired) electrons. The van der Waals surface area contributed by atoms with Crippen LogP contribution in [0.4, 0.5) is 4.39 Å². The highest BCUT2D eigenvalue weighted by atomic mass is 32.2. The number of sulfonamides is 1. The first-order valence-corrected chi connectivity index (χ1v) is 7.79. The third-order valence-corrected chi connectivity index (χ3v) is 4.39. The Morgan fingerprint density at radius 3 is 2.76 bits per heavy atom. The number of pyridine rings is 1. The summed E-state index contributed by atoms with van der Waals surface area (Å²) in [6.45, 7) is -0.343. The molecule has 0 amide bonds. The highest BCUT2D eigenvalue weighted by molar-refractivity contribution is 7.89. The van der Waals surface area contributed by atoms with Gasteiger partial charge in [-0.05, 0) is 36.2 Å². The van der Waals surface area contributed by atoms with E-state index in [1.165, 1.54) is 6.07 Å². The third kappa shape index (κ3) is 4.07. The van der Waals surface area contributed by atoms with Crippen molar-refractivity contribution in [3.63, 3.8) is 0 Å². The number of hydrogen-bond acceptors (Lipinski definition) is 4.